The maximum atomic E-state index is 13.9. The standard InChI is InChI=1S/C17H14BrF3N2O3S/c18-11-1-3-14(19)13(9-11)17(24)22-5-7-23(8-6-22)27(25,26)12-2-4-15(20)16(21)10-12/h1-4,9-10H,5-8H2. The Labute approximate surface area is 162 Å². The van der Waals surface area contributed by atoms with Gasteiger partial charge >= 0.3 is 0 Å². The van der Waals surface area contributed by atoms with E-state index in [1.165, 1.54) is 23.1 Å². The van der Waals surface area contributed by atoms with Crippen LogP contribution in [0.2, 0.25) is 0 Å². The van der Waals surface area contributed by atoms with Crippen molar-refractivity contribution >= 4 is 31.9 Å². The van der Waals surface area contributed by atoms with Gasteiger partial charge in [-0.25, -0.2) is 21.6 Å². The third-order valence-corrected chi connectivity index (χ3v) is 6.60. The first-order chi connectivity index (χ1) is 12.7. The Hall–Kier alpha value is -1.91. The Bertz CT molecular complexity index is 993. The zero-order chi connectivity index (χ0) is 19.8. The third-order valence-electron chi connectivity index (χ3n) is 4.21. The summed E-state index contributed by atoms with van der Waals surface area (Å²) in [4.78, 5) is 13.5. The number of halogens is 4. The van der Waals surface area contributed by atoms with Crippen molar-refractivity contribution in [3.63, 3.8) is 0 Å². The lowest BCUT2D eigenvalue weighted by molar-refractivity contribution is 0.0693. The number of carbonyl (C=O) groups is 1. The SMILES string of the molecule is O=C(c1cc(Br)ccc1F)N1CCN(S(=O)(=O)c2ccc(F)c(F)c2)CC1. The van der Waals surface area contributed by atoms with Gasteiger partial charge in [0, 0.05) is 30.7 Å². The highest BCUT2D eigenvalue weighted by Crippen LogP contribution is 2.22. The van der Waals surface area contributed by atoms with Gasteiger partial charge in [0.25, 0.3) is 5.91 Å². The Balaban J connectivity index is 1.73. The van der Waals surface area contributed by atoms with Crippen LogP contribution in [0.4, 0.5) is 13.2 Å². The number of piperazine rings is 1. The molecule has 27 heavy (non-hydrogen) atoms. The van der Waals surface area contributed by atoms with Crippen molar-refractivity contribution in [2.24, 2.45) is 0 Å². The summed E-state index contributed by atoms with van der Waals surface area (Å²) in [5.74, 6) is -3.60. The molecule has 1 aliphatic rings. The molecule has 1 saturated heterocycles. The molecule has 3 rings (SSSR count). The fraction of sp³-hybridized carbons (Fsp3) is 0.235. The molecule has 144 valence electrons. The van der Waals surface area contributed by atoms with E-state index in [9.17, 15) is 26.4 Å². The van der Waals surface area contributed by atoms with Crippen LogP contribution in [-0.4, -0.2) is 49.7 Å². The average Bonchev–Trinajstić information content (AvgIpc) is 2.65. The van der Waals surface area contributed by atoms with Gasteiger partial charge in [0.15, 0.2) is 11.6 Å². The first kappa shape index (κ1) is 19.8. The van der Waals surface area contributed by atoms with Crippen molar-refractivity contribution in [2.45, 2.75) is 4.90 Å². The predicted molar refractivity (Wildman–Crippen MR) is 95.1 cm³/mol. The summed E-state index contributed by atoms with van der Waals surface area (Å²) < 4.78 is 67.0. The van der Waals surface area contributed by atoms with Gasteiger partial charge in [-0.2, -0.15) is 4.31 Å². The number of benzene rings is 2. The van der Waals surface area contributed by atoms with Crippen molar-refractivity contribution in [1.82, 2.24) is 9.21 Å². The van der Waals surface area contributed by atoms with Gasteiger partial charge in [-0.3, -0.25) is 4.79 Å². The number of sulfonamides is 1. The van der Waals surface area contributed by atoms with Crippen molar-refractivity contribution in [2.75, 3.05) is 26.2 Å². The van der Waals surface area contributed by atoms with Gasteiger partial charge in [0.2, 0.25) is 10.0 Å². The van der Waals surface area contributed by atoms with Gasteiger partial charge in [-0.1, -0.05) is 15.9 Å². The average molecular weight is 463 g/mol. The summed E-state index contributed by atoms with van der Waals surface area (Å²) in [5, 5.41) is 0. The van der Waals surface area contributed by atoms with E-state index in [4.69, 9.17) is 0 Å². The predicted octanol–water partition coefficient (Wildman–Crippen LogP) is 3.01. The summed E-state index contributed by atoms with van der Waals surface area (Å²) in [7, 11) is -4.02. The lowest BCUT2D eigenvalue weighted by Crippen LogP contribution is -2.50. The maximum absolute atomic E-state index is 13.9. The van der Waals surface area contributed by atoms with E-state index in [1.807, 2.05) is 0 Å². The molecule has 2 aromatic carbocycles. The minimum Gasteiger partial charge on any atom is -0.336 e. The highest BCUT2D eigenvalue weighted by Gasteiger charge is 2.31. The quantitative estimate of drug-likeness (QED) is 0.704. The van der Waals surface area contributed by atoms with Crippen molar-refractivity contribution < 1.29 is 26.4 Å². The fourth-order valence-electron chi connectivity index (χ4n) is 2.75. The van der Waals surface area contributed by atoms with Crippen LogP contribution in [0.5, 0.6) is 0 Å². The van der Waals surface area contributed by atoms with Crippen LogP contribution in [0.1, 0.15) is 10.4 Å². The molecule has 0 aromatic heterocycles. The largest absolute Gasteiger partial charge is 0.336 e. The molecule has 0 spiro atoms. The van der Waals surface area contributed by atoms with Crippen LogP contribution < -0.4 is 0 Å². The number of carbonyl (C=O) groups excluding carboxylic acids is 1. The molecular formula is C17H14BrF3N2O3S. The van der Waals surface area contributed by atoms with Crippen LogP contribution >= 0.6 is 15.9 Å². The topological polar surface area (TPSA) is 57.7 Å². The Morgan fingerprint density at radius 3 is 2.15 bits per heavy atom. The smallest absolute Gasteiger partial charge is 0.256 e. The Morgan fingerprint density at radius 2 is 1.52 bits per heavy atom. The van der Waals surface area contributed by atoms with Crippen molar-refractivity contribution in [1.29, 1.82) is 0 Å². The molecule has 1 fully saturated rings. The van der Waals surface area contributed by atoms with Crippen LogP contribution in [0.25, 0.3) is 0 Å². The number of hydrogen-bond donors (Lipinski definition) is 0. The summed E-state index contributed by atoms with van der Waals surface area (Å²) in [6.45, 7) is 0.0206. The first-order valence-corrected chi connectivity index (χ1v) is 10.1. The summed E-state index contributed by atoms with van der Waals surface area (Å²) in [6, 6.07) is 6.36. The van der Waals surface area contributed by atoms with Gasteiger partial charge in [0.05, 0.1) is 10.5 Å². The van der Waals surface area contributed by atoms with E-state index >= 15 is 0 Å². The molecule has 0 saturated carbocycles. The van der Waals surface area contributed by atoms with Crippen molar-refractivity contribution in [3.05, 3.63) is 63.9 Å². The monoisotopic (exact) mass is 462 g/mol. The molecule has 0 N–H and O–H groups in total. The minimum absolute atomic E-state index is 0.0390. The van der Waals surface area contributed by atoms with Crippen LogP contribution in [0.15, 0.2) is 45.8 Å². The number of amides is 1. The first-order valence-electron chi connectivity index (χ1n) is 7.89. The normalized spacial score (nSPS) is 15.8. The fourth-order valence-corrected chi connectivity index (χ4v) is 4.55. The van der Waals surface area contributed by atoms with Crippen LogP contribution in [0, 0.1) is 17.5 Å². The number of rotatable bonds is 3. The lowest BCUT2D eigenvalue weighted by Gasteiger charge is -2.34. The molecule has 5 nitrogen and oxygen atoms in total. The molecule has 2 aromatic rings. The molecule has 1 heterocycles. The Kier molecular flexibility index (Phi) is 5.59. The van der Waals surface area contributed by atoms with Gasteiger partial charge in [-0.05, 0) is 36.4 Å². The van der Waals surface area contributed by atoms with E-state index in [-0.39, 0.29) is 36.6 Å². The third kappa shape index (κ3) is 4.02. The molecule has 10 heteroatoms. The molecule has 0 atom stereocenters. The van der Waals surface area contributed by atoms with E-state index < -0.39 is 33.4 Å². The highest BCUT2D eigenvalue weighted by molar-refractivity contribution is 9.10. The van der Waals surface area contributed by atoms with E-state index in [0.29, 0.717) is 10.5 Å². The van der Waals surface area contributed by atoms with Crippen LogP contribution in [-0.2, 0) is 10.0 Å². The highest BCUT2D eigenvalue weighted by atomic mass is 79.9. The number of nitrogens with zero attached hydrogens (tertiary/aromatic N) is 2. The lowest BCUT2D eigenvalue weighted by atomic mass is 10.1. The van der Waals surface area contributed by atoms with Gasteiger partial charge < -0.3 is 4.90 Å². The molecular weight excluding hydrogens is 449 g/mol. The van der Waals surface area contributed by atoms with Crippen LogP contribution in [0.3, 0.4) is 0 Å². The molecule has 1 aliphatic heterocycles. The molecule has 0 bridgehead atoms. The minimum atomic E-state index is -4.02. The number of hydrogen-bond acceptors (Lipinski definition) is 3. The summed E-state index contributed by atoms with van der Waals surface area (Å²) in [6.07, 6.45) is 0. The molecule has 0 unspecified atom stereocenters. The van der Waals surface area contributed by atoms with E-state index in [1.54, 1.807) is 0 Å². The Morgan fingerprint density at radius 1 is 0.889 bits per heavy atom. The summed E-state index contributed by atoms with van der Waals surface area (Å²) >= 11 is 3.18. The molecule has 1 amide bonds. The zero-order valence-electron chi connectivity index (χ0n) is 13.8. The van der Waals surface area contributed by atoms with E-state index in [2.05, 4.69) is 15.9 Å². The van der Waals surface area contributed by atoms with Crippen molar-refractivity contribution in [3.8, 4) is 0 Å². The maximum Gasteiger partial charge on any atom is 0.256 e. The second-order valence-corrected chi connectivity index (χ2v) is 8.75. The molecule has 0 radical (unpaired) electrons. The molecule has 0 aliphatic carbocycles. The summed E-state index contributed by atoms with van der Waals surface area (Å²) in [5.41, 5.74) is -0.110. The van der Waals surface area contributed by atoms with Gasteiger partial charge in [-0.15, -0.1) is 0 Å². The second kappa shape index (κ2) is 7.61. The second-order valence-electron chi connectivity index (χ2n) is 5.90. The van der Waals surface area contributed by atoms with E-state index in [0.717, 1.165) is 16.4 Å². The zero-order valence-corrected chi connectivity index (χ0v) is 16.2. The van der Waals surface area contributed by atoms with Gasteiger partial charge in [0.1, 0.15) is 5.82 Å².